The lowest BCUT2D eigenvalue weighted by Crippen LogP contribution is -2.22. The highest BCUT2D eigenvalue weighted by Crippen LogP contribution is 2.19. The van der Waals surface area contributed by atoms with Crippen LogP contribution < -0.4 is 5.73 Å². The highest BCUT2D eigenvalue weighted by molar-refractivity contribution is 7.80. The van der Waals surface area contributed by atoms with Gasteiger partial charge in [-0.1, -0.05) is 36.0 Å². The molecule has 0 amide bonds. The number of nitrogens with zero attached hydrogens (tertiary/aromatic N) is 1. The number of rotatable bonds is 6. The van der Waals surface area contributed by atoms with Crippen LogP contribution in [0.5, 0.6) is 0 Å². The van der Waals surface area contributed by atoms with Gasteiger partial charge in [0.2, 0.25) is 0 Å². The molecule has 5 heteroatoms. The van der Waals surface area contributed by atoms with E-state index in [4.69, 9.17) is 29.6 Å². The van der Waals surface area contributed by atoms with E-state index in [0.29, 0.717) is 10.0 Å². The van der Waals surface area contributed by atoms with Crippen LogP contribution in [0.1, 0.15) is 24.5 Å². The molecule has 1 rings (SSSR count). The second-order valence-corrected chi connectivity index (χ2v) is 5.39. The van der Waals surface area contributed by atoms with Gasteiger partial charge in [-0.3, -0.25) is 0 Å². The highest BCUT2D eigenvalue weighted by atomic mass is 35.5. The van der Waals surface area contributed by atoms with Crippen molar-refractivity contribution in [2.24, 2.45) is 5.73 Å². The van der Waals surface area contributed by atoms with Crippen LogP contribution in [0.4, 0.5) is 0 Å². The van der Waals surface area contributed by atoms with E-state index in [1.807, 2.05) is 19.2 Å². The summed E-state index contributed by atoms with van der Waals surface area (Å²) >= 11 is 11.1. The van der Waals surface area contributed by atoms with E-state index >= 15 is 0 Å². The zero-order chi connectivity index (χ0) is 13.7. The van der Waals surface area contributed by atoms with Gasteiger partial charge in [0.1, 0.15) is 4.99 Å². The average molecular weight is 287 g/mol. The van der Waals surface area contributed by atoms with E-state index in [1.54, 1.807) is 13.0 Å². The van der Waals surface area contributed by atoms with Gasteiger partial charge >= 0.3 is 0 Å². The molecule has 0 heterocycles. The van der Waals surface area contributed by atoms with E-state index in [9.17, 15) is 5.11 Å². The van der Waals surface area contributed by atoms with Gasteiger partial charge in [-0.05, 0) is 32.0 Å². The van der Waals surface area contributed by atoms with Crippen LogP contribution >= 0.6 is 23.8 Å². The first-order valence-electron chi connectivity index (χ1n) is 5.85. The fraction of sp³-hybridized carbons (Fsp3) is 0.462. The molecule has 0 fully saturated rings. The third-order valence-electron chi connectivity index (χ3n) is 2.71. The zero-order valence-electron chi connectivity index (χ0n) is 10.7. The maximum atomic E-state index is 9.24. The van der Waals surface area contributed by atoms with Crippen LogP contribution in [0.2, 0.25) is 5.02 Å². The summed E-state index contributed by atoms with van der Waals surface area (Å²) in [5.41, 5.74) is 7.36. The highest BCUT2D eigenvalue weighted by Gasteiger charge is 2.07. The van der Waals surface area contributed by atoms with E-state index in [2.05, 4.69) is 4.90 Å². The molecule has 18 heavy (non-hydrogen) atoms. The Bertz CT molecular complexity index is 423. The number of benzene rings is 1. The number of hydrogen-bond acceptors (Lipinski definition) is 3. The van der Waals surface area contributed by atoms with Crippen molar-refractivity contribution < 1.29 is 5.11 Å². The molecule has 0 aliphatic rings. The molecule has 0 aliphatic heterocycles. The minimum atomic E-state index is -0.278. The van der Waals surface area contributed by atoms with Crippen molar-refractivity contribution in [1.29, 1.82) is 0 Å². The standard InChI is InChI=1S/C13H19ClN2OS/c1-9(17)5-6-16(2)8-11-4-3-10(13(15)18)7-12(11)14/h3-4,7,9,17H,5-6,8H2,1-2H3,(H2,15,18). The molecule has 0 saturated heterocycles. The topological polar surface area (TPSA) is 49.5 Å². The summed E-state index contributed by atoms with van der Waals surface area (Å²) in [7, 11) is 2.00. The normalized spacial score (nSPS) is 12.7. The van der Waals surface area contributed by atoms with Crippen molar-refractivity contribution in [3.8, 4) is 0 Å². The zero-order valence-corrected chi connectivity index (χ0v) is 12.3. The molecule has 1 aromatic carbocycles. The first kappa shape index (κ1) is 15.4. The van der Waals surface area contributed by atoms with E-state index in [-0.39, 0.29) is 6.10 Å². The summed E-state index contributed by atoms with van der Waals surface area (Å²) in [6.07, 6.45) is 0.471. The minimum Gasteiger partial charge on any atom is -0.393 e. The minimum absolute atomic E-state index is 0.278. The summed E-state index contributed by atoms with van der Waals surface area (Å²) in [4.78, 5) is 2.47. The van der Waals surface area contributed by atoms with E-state index in [0.717, 1.165) is 30.6 Å². The van der Waals surface area contributed by atoms with Crippen LogP contribution in [0.3, 0.4) is 0 Å². The predicted molar refractivity (Wildman–Crippen MR) is 80.0 cm³/mol. The number of hydrogen-bond donors (Lipinski definition) is 2. The van der Waals surface area contributed by atoms with Crippen molar-refractivity contribution >= 4 is 28.8 Å². The van der Waals surface area contributed by atoms with E-state index in [1.165, 1.54) is 0 Å². The monoisotopic (exact) mass is 286 g/mol. The fourth-order valence-electron chi connectivity index (χ4n) is 1.61. The SMILES string of the molecule is CC(O)CCN(C)Cc1ccc(C(N)=S)cc1Cl. The Morgan fingerprint density at radius 2 is 2.22 bits per heavy atom. The first-order valence-corrected chi connectivity index (χ1v) is 6.63. The van der Waals surface area contributed by atoms with Crippen LogP contribution in [0.25, 0.3) is 0 Å². The van der Waals surface area contributed by atoms with Crippen LogP contribution in [0.15, 0.2) is 18.2 Å². The lowest BCUT2D eigenvalue weighted by molar-refractivity contribution is 0.163. The molecule has 0 radical (unpaired) electrons. The Kier molecular flexibility index (Phi) is 6.02. The van der Waals surface area contributed by atoms with Gasteiger partial charge in [0.25, 0.3) is 0 Å². The van der Waals surface area contributed by atoms with Crippen molar-refractivity contribution in [2.45, 2.75) is 26.0 Å². The third-order valence-corrected chi connectivity index (χ3v) is 3.29. The maximum absolute atomic E-state index is 9.24. The molecule has 0 bridgehead atoms. The molecule has 0 spiro atoms. The summed E-state index contributed by atoms with van der Waals surface area (Å²) in [6, 6.07) is 5.61. The lowest BCUT2D eigenvalue weighted by atomic mass is 10.1. The van der Waals surface area contributed by atoms with Crippen molar-refractivity contribution in [1.82, 2.24) is 4.90 Å². The van der Waals surface area contributed by atoms with Crippen molar-refractivity contribution in [3.05, 3.63) is 34.3 Å². The Hall–Kier alpha value is -0.680. The second kappa shape index (κ2) is 7.04. The van der Waals surface area contributed by atoms with Gasteiger partial charge in [-0.25, -0.2) is 0 Å². The van der Waals surface area contributed by atoms with Crippen LogP contribution in [-0.4, -0.2) is 34.7 Å². The number of halogens is 1. The Morgan fingerprint density at radius 3 is 2.72 bits per heavy atom. The number of nitrogens with two attached hydrogens (primary N) is 1. The van der Waals surface area contributed by atoms with Gasteiger partial charge in [0.05, 0.1) is 6.10 Å². The lowest BCUT2D eigenvalue weighted by Gasteiger charge is -2.18. The molecule has 1 aromatic rings. The maximum Gasteiger partial charge on any atom is 0.104 e. The van der Waals surface area contributed by atoms with Gasteiger partial charge < -0.3 is 15.7 Å². The number of aliphatic hydroxyl groups is 1. The third kappa shape index (κ3) is 4.90. The van der Waals surface area contributed by atoms with Crippen LogP contribution in [0, 0.1) is 0 Å². The Morgan fingerprint density at radius 1 is 1.56 bits per heavy atom. The molecular weight excluding hydrogens is 268 g/mol. The van der Waals surface area contributed by atoms with Gasteiger partial charge in [0, 0.05) is 23.7 Å². The fourth-order valence-corrected chi connectivity index (χ4v) is 1.97. The molecule has 100 valence electrons. The van der Waals surface area contributed by atoms with Crippen LogP contribution in [-0.2, 0) is 6.54 Å². The Labute approximate surface area is 119 Å². The summed E-state index contributed by atoms with van der Waals surface area (Å²) in [6.45, 7) is 3.35. The molecule has 0 aromatic heterocycles. The molecule has 1 unspecified atom stereocenters. The molecule has 0 saturated carbocycles. The second-order valence-electron chi connectivity index (χ2n) is 4.55. The molecular formula is C13H19ClN2OS. The first-order chi connectivity index (χ1) is 8.40. The molecule has 1 atom stereocenters. The average Bonchev–Trinajstić information content (AvgIpc) is 2.29. The summed E-state index contributed by atoms with van der Waals surface area (Å²) < 4.78 is 0. The van der Waals surface area contributed by atoms with Crippen molar-refractivity contribution in [3.63, 3.8) is 0 Å². The largest absolute Gasteiger partial charge is 0.393 e. The predicted octanol–water partition coefficient (Wildman–Crippen LogP) is 2.18. The Balaban J connectivity index is 2.64. The molecule has 3 nitrogen and oxygen atoms in total. The summed E-state index contributed by atoms with van der Waals surface area (Å²) in [5.74, 6) is 0. The number of thiocarbonyl (C=S) groups is 1. The molecule has 0 aliphatic carbocycles. The summed E-state index contributed by atoms with van der Waals surface area (Å²) in [5, 5.41) is 9.91. The van der Waals surface area contributed by atoms with Gasteiger partial charge in [-0.2, -0.15) is 0 Å². The van der Waals surface area contributed by atoms with E-state index < -0.39 is 0 Å². The molecule has 3 N–H and O–H groups in total. The smallest absolute Gasteiger partial charge is 0.104 e. The quantitative estimate of drug-likeness (QED) is 0.787. The van der Waals surface area contributed by atoms with Gasteiger partial charge in [0.15, 0.2) is 0 Å². The van der Waals surface area contributed by atoms with Gasteiger partial charge in [-0.15, -0.1) is 0 Å². The van der Waals surface area contributed by atoms with Crippen molar-refractivity contribution in [2.75, 3.05) is 13.6 Å². The number of aliphatic hydroxyl groups excluding tert-OH is 1.